The second kappa shape index (κ2) is 3.23. The Morgan fingerprint density at radius 3 is 2.80 bits per heavy atom. The minimum atomic E-state index is -3.05. The number of hydrogen-bond donors (Lipinski definition) is 1. The number of pyridine rings is 1. The van der Waals surface area contributed by atoms with Gasteiger partial charge in [-0.2, -0.15) is 0 Å². The summed E-state index contributed by atoms with van der Waals surface area (Å²) >= 11 is 0. The lowest BCUT2D eigenvalue weighted by molar-refractivity contribution is 0.600. The highest BCUT2D eigenvalue weighted by Gasteiger charge is 2.09. The summed E-state index contributed by atoms with van der Waals surface area (Å²) in [5.74, 6) is 0.480. The predicted octanol–water partition coefficient (Wildman–Crippen LogP) is 0.461. The lowest BCUT2D eigenvalue weighted by atomic mass is 10.4. The zero-order valence-electron chi connectivity index (χ0n) is 8.21. The van der Waals surface area contributed by atoms with Crippen LogP contribution < -0.4 is 5.73 Å². The summed E-state index contributed by atoms with van der Waals surface area (Å²) in [7, 11) is -3.05. The molecule has 0 aliphatic heterocycles. The highest BCUT2D eigenvalue weighted by atomic mass is 32.2. The molecule has 0 radical (unpaired) electrons. The molecule has 15 heavy (non-hydrogen) atoms. The van der Waals surface area contributed by atoms with Gasteiger partial charge in [-0.05, 0) is 12.1 Å². The molecule has 0 atom stereocenters. The maximum absolute atomic E-state index is 11.1. The molecule has 5 nitrogen and oxygen atoms in total. The van der Waals surface area contributed by atoms with Crippen molar-refractivity contribution in [3.05, 3.63) is 30.1 Å². The van der Waals surface area contributed by atoms with E-state index in [1.54, 1.807) is 28.8 Å². The number of rotatable bonds is 2. The van der Waals surface area contributed by atoms with Gasteiger partial charge in [0.2, 0.25) is 0 Å². The number of hydrogen-bond acceptors (Lipinski definition) is 4. The summed E-state index contributed by atoms with van der Waals surface area (Å²) in [5, 5.41) is 0. The Morgan fingerprint density at radius 1 is 1.47 bits per heavy atom. The first-order valence-electron chi connectivity index (χ1n) is 4.36. The Balaban J connectivity index is 2.53. The van der Waals surface area contributed by atoms with E-state index < -0.39 is 9.84 Å². The summed E-state index contributed by atoms with van der Waals surface area (Å²) in [6.07, 6.45) is 2.83. The molecule has 0 bridgehead atoms. The first-order valence-corrected chi connectivity index (χ1v) is 6.42. The molecule has 2 aromatic heterocycles. The lowest BCUT2D eigenvalue weighted by Crippen LogP contribution is -2.00. The van der Waals surface area contributed by atoms with Gasteiger partial charge < -0.3 is 5.73 Å². The van der Waals surface area contributed by atoms with Crippen LogP contribution in [0.15, 0.2) is 24.4 Å². The molecule has 80 valence electrons. The molecule has 6 heteroatoms. The molecular formula is C9H11N3O2S. The molecule has 2 rings (SSSR count). The van der Waals surface area contributed by atoms with Crippen LogP contribution in [-0.4, -0.2) is 24.1 Å². The highest BCUT2D eigenvalue weighted by Crippen LogP contribution is 2.11. The van der Waals surface area contributed by atoms with Crippen molar-refractivity contribution in [2.75, 3.05) is 12.0 Å². The van der Waals surface area contributed by atoms with E-state index in [0.29, 0.717) is 17.2 Å². The van der Waals surface area contributed by atoms with Crippen molar-refractivity contribution in [2.45, 2.75) is 5.75 Å². The van der Waals surface area contributed by atoms with Gasteiger partial charge in [0.05, 0.1) is 11.4 Å². The van der Waals surface area contributed by atoms with Crippen LogP contribution >= 0.6 is 0 Å². The van der Waals surface area contributed by atoms with Crippen molar-refractivity contribution in [2.24, 2.45) is 0 Å². The molecule has 0 saturated heterocycles. The molecular weight excluding hydrogens is 214 g/mol. The van der Waals surface area contributed by atoms with Gasteiger partial charge in [-0.15, -0.1) is 0 Å². The van der Waals surface area contributed by atoms with E-state index >= 15 is 0 Å². The van der Waals surface area contributed by atoms with Gasteiger partial charge in [-0.25, -0.2) is 13.4 Å². The zero-order valence-corrected chi connectivity index (χ0v) is 9.03. The molecule has 0 aliphatic carbocycles. The number of aromatic nitrogens is 2. The Labute approximate surface area is 87.5 Å². The van der Waals surface area contributed by atoms with E-state index in [1.165, 1.54) is 6.26 Å². The first kappa shape index (κ1) is 9.97. The topological polar surface area (TPSA) is 77.5 Å². The molecule has 0 unspecified atom stereocenters. The van der Waals surface area contributed by atoms with Crippen molar-refractivity contribution >= 4 is 21.3 Å². The van der Waals surface area contributed by atoms with Gasteiger partial charge in [-0.3, -0.25) is 4.40 Å². The van der Waals surface area contributed by atoms with Gasteiger partial charge in [0.15, 0.2) is 9.84 Å². The summed E-state index contributed by atoms with van der Waals surface area (Å²) in [6.45, 7) is 0. The number of nitrogens with zero attached hydrogens (tertiary/aromatic N) is 2. The summed E-state index contributed by atoms with van der Waals surface area (Å²) < 4.78 is 23.8. The quantitative estimate of drug-likeness (QED) is 0.805. The Hall–Kier alpha value is -1.56. The Kier molecular flexibility index (Phi) is 2.15. The number of anilines is 1. The van der Waals surface area contributed by atoms with Crippen molar-refractivity contribution < 1.29 is 8.42 Å². The van der Waals surface area contributed by atoms with Crippen LogP contribution in [0.2, 0.25) is 0 Å². The van der Waals surface area contributed by atoms with Crippen molar-refractivity contribution in [3.8, 4) is 0 Å². The lowest BCUT2D eigenvalue weighted by Gasteiger charge is -1.95. The van der Waals surface area contributed by atoms with E-state index in [2.05, 4.69) is 4.98 Å². The van der Waals surface area contributed by atoms with Crippen LogP contribution in [-0.2, 0) is 15.6 Å². The average molecular weight is 225 g/mol. The monoisotopic (exact) mass is 225 g/mol. The third kappa shape index (κ3) is 2.10. The second-order valence-electron chi connectivity index (χ2n) is 3.48. The maximum atomic E-state index is 11.1. The fourth-order valence-electron chi connectivity index (χ4n) is 1.42. The van der Waals surface area contributed by atoms with Crippen LogP contribution in [0.5, 0.6) is 0 Å². The van der Waals surface area contributed by atoms with Gasteiger partial charge >= 0.3 is 0 Å². The average Bonchev–Trinajstić information content (AvgIpc) is 2.45. The number of fused-ring (bicyclic) bond motifs is 1. The van der Waals surface area contributed by atoms with Crippen molar-refractivity contribution in [3.63, 3.8) is 0 Å². The van der Waals surface area contributed by atoms with Gasteiger partial charge in [0.1, 0.15) is 11.5 Å². The van der Waals surface area contributed by atoms with E-state index in [4.69, 9.17) is 5.73 Å². The maximum Gasteiger partial charge on any atom is 0.153 e. The Morgan fingerprint density at radius 2 is 2.20 bits per heavy atom. The van der Waals surface area contributed by atoms with E-state index in [-0.39, 0.29) is 5.75 Å². The predicted molar refractivity (Wildman–Crippen MR) is 58.2 cm³/mol. The third-order valence-electron chi connectivity index (χ3n) is 1.98. The minimum Gasteiger partial charge on any atom is -0.385 e. The number of nitrogen functional groups attached to an aromatic ring is 1. The molecule has 0 fully saturated rings. The van der Waals surface area contributed by atoms with Gasteiger partial charge in [0.25, 0.3) is 0 Å². The molecule has 0 amide bonds. The number of imidazole rings is 1. The summed E-state index contributed by atoms with van der Waals surface area (Å²) in [4.78, 5) is 4.16. The minimum absolute atomic E-state index is 0.0614. The molecule has 0 aliphatic rings. The standard InChI is InChI=1S/C9H11N3O2S/c1-15(13,14)6-7-5-12-8(10)3-2-4-9(12)11-7/h2-5H,6,10H2,1H3. The molecule has 2 N–H and O–H groups in total. The van der Waals surface area contributed by atoms with Crippen LogP contribution in [0.25, 0.3) is 5.65 Å². The van der Waals surface area contributed by atoms with Crippen LogP contribution in [0.3, 0.4) is 0 Å². The highest BCUT2D eigenvalue weighted by molar-refractivity contribution is 7.89. The number of nitrogens with two attached hydrogens (primary N) is 1. The van der Waals surface area contributed by atoms with E-state index in [0.717, 1.165) is 0 Å². The molecule has 0 spiro atoms. The largest absolute Gasteiger partial charge is 0.385 e. The van der Waals surface area contributed by atoms with E-state index in [1.807, 2.05) is 0 Å². The molecule has 0 aromatic carbocycles. The summed E-state index contributed by atoms with van der Waals surface area (Å²) in [6, 6.07) is 5.29. The van der Waals surface area contributed by atoms with Crippen LogP contribution in [0.4, 0.5) is 5.82 Å². The van der Waals surface area contributed by atoms with Gasteiger partial charge in [0, 0.05) is 12.5 Å². The number of sulfone groups is 1. The second-order valence-corrected chi connectivity index (χ2v) is 5.62. The fraction of sp³-hybridized carbons (Fsp3) is 0.222. The molecule has 2 aromatic rings. The fourth-order valence-corrected chi connectivity index (χ4v) is 2.10. The molecule has 0 saturated carbocycles. The van der Waals surface area contributed by atoms with Crippen molar-refractivity contribution in [1.29, 1.82) is 0 Å². The van der Waals surface area contributed by atoms with Crippen LogP contribution in [0, 0.1) is 0 Å². The van der Waals surface area contributed by atoms with Crippen LogP contribution in [0.1, 0.15) is 5.69 Å². The Bertz CT molecular complexity index is 601. The summed E-state index contributed by atoms with van der Waals surface area (Å²) in [5.41, 5.74) is 6.88. The van der Waals surface area contributed by atoms with Gasteiger partial charge in [-0.1, -0.05) is 6.07 Å². The van der Waals surface area contributed by atoms with E-state index in [9.17, 15) is 8.42 Å². The van der Waals surface area contributed by atoms with Crippen molar-refractivity contribution in [1.82, 2.24) is 9.38 Å². The normalized spacial score (nSPS) is 12.1. The first-order chi connectivity index (χ1) is 6.96. The third-order valence-corrected chi connectivity index (χ3v) is 2.80. The smallest absolute Gasteiger partial charge is 0.153 e. The molecule has 2 heterocycles. The zero-order chi connectivity index (χ0) is 11.1. The SMILES string of the molecule is CS(=O)(=O)Cc1cn2c(N)cccc2n1.